The third-order valence-electron chi connectivity index (χ3n) is 2.48. The van der Waals surface area contributed by atoms with Crippen LogP contribution in [0.15, 0.2) is 12.3 Å². The Kier molecular flexibility index (Phi) is 6.62. The van der Waals surface area contributed by atoms with Crippen LogP contribution >= 0.6 is 11.8 Å². The third kappa shape index (κ3) is 4.69. The molecule has 0 radical (unpaired) electrons. The molecule has 0 aliphatic carbocycles. The van der Waals surface area contributed by atoms with Crippen molar-refractivity contribution >= 4 is 11.8 Å². The highest BCUT2D eigenvalue weighted by atomic mass is 32.2. The van der Waals surface area contributed by atoms with Crippen LogP contribution < -0.4 is 11.3 Å². The Hall–Kier alpha value is -0.520. The minimum absolute atomic E-state index is 0.188. The predicted molar refractivity (Wildman–Crippen MR) is 74.7 cm³/mol. The number of nitrogens with one attached hydrogen (secondary N) is 1. The summed E-state index contributed by atoms with van der Waals surface area (Å²) in [6.45, 7) is 7.58. The summed E-state index contributed by atoms with van der Waals surface area (Å²) in [5.74, 6) is 8.52. The maximum atomic E-state index is 5.64. The van der Waals surface area contributed by atoms with Gasteiger partial charge in [-0.15, -0.1) is 0 Å². The number of nitrogens with zero attached hydrogens (tertiary/aromatic N) is 2. The highest BCUT2D eigenvalue weighted by Gasteiger charge is 2.14. The van der Waals surface area contributed by atoms with Gasteiger partial charge >= 0.3 is 0 Å². The lowest BCUT2D eigenvalue weighted by molar-refractivity contribution is 0.508. The molecule has 5 heteroatoms. The van der Waals surface area contributed by atoms with Crippen molar-refractivity contribution in [3.05, 3.63) is 18.0 Å². The van der Waals surface area contributed by atoms with Crippen molar-refractivity contribution in [2.24, 2.45) is 11.8 Å². The van der Waals surface area contributed by atoms with E-state index in [1.807, 2.05) is 22.6 Å². The third-order valence-corrected chi connectivity index (χ3v) is 3.95. The number of rotatable bonds is 8. The number of aryl methyl sites for hydroxylation is 1. The number of aromatic nitrogens is 2. The number of hydrazine groups is 1. The van der Waals surface area contributed by atoms with Crippen LogP contribution in [0.25, 0.3) is 0 Å². The normalized spacial score (nSPS) is 13.2. The van der Waals surface area contributed by atoms with E-state index in [0.29, 0.717) is 0 Å². The van der Waals surface area contributed by atoms with Gasteiger partial charge in [-0.25, -0.2) is 0 Å². The molecule has 3 N–H and O–H groups in total. The lowest BCUT2D eigenvalue weighted by Crippen LogP contribution is -2.31. The molecule has 1 aromatic rings. The van der Waals surface area contributed by atoms with Gasteiger partial charge < -0.3 is 0 Å². The summed E-state index contributed by atoms with van der Waals surface area (Å²) in [6, 6.07) is 2.24. The lowest BCUT2D eigenvalue weighted by atomic mass is 10.2. The Morgan fingerprint density at radius 2 is 2.24 bits per heavy atom. The van der Waals surface area contributed by atoms with Crippen LogP contribution in [0.1, 0.15) is 38.9 Å². The van der Waals surface area contributed by atoms with Gasteiger partial charge in [-0.1, -0.05) is 20.8 Å². The molecule has 1 atom stereocenters. The zero-order valence-electron chi connectivity index (χ0n) is 11.0. The molecule has 0 spiro atoms. The van der Waals surface area contributed by atoms with Crippen LogP contribution in [-0.4, -0.2) is 21.3 Å². The van der Waals surface area contributed by atoms with E-state index in [1.165, 1.54) is 11.4 Å². The number of hydrogen-bond acceptors (Lipinski definition) is 4. The average Bonchev–Trinajstić information content (AvgIpc) is 2.73. The Morgan fingerprint density at radius 3 is 2.82 bits per heavy atom. The van der Waals surface area contributed by atoms with Gasteiger partial charge in [0.2, 0.25) is 0 Å². The summed E-state index contributed by atoms with van der Waals surface area (Å²) in [5, 5.41) is 4.33. The Balaban J connectivity index is 2.56. The number of hydrogen-bond donors (Lipinski definition) is 2. The standard InChI is InChI=1S/C12H24N4S/c1-4-7-16-12(5-6-14-16)11(15-13)9-17-8-10(2)3/h5-6,10-11,15H,4,7-9,13H2,1-3H3. The van der Waals surface area contributed by atoms with E-state index in [1.54, 1.807) is 0 Å². The molecule has 0 aromatic carbocycles. The molecule has 1 rings (SSSR count). The SMILES string of the molecule is CCCn1nccc1C(CSCC(C)C)NN. The van der Waals surface area contributed by atoms with E-state index in [2.05, 4.69) is 37.4 Å². The van der Waals surface area contributed by atoms with Gasteiger partial charge in [0.05, 0.1) is 11.7 Å². The first-order valence-corrected chi connectivity index (χ1v) is 7.40. The zero-order valence-corrected chi connectivity index (χ0v) is 11.8. The fourth-order valence-corrected chi connectivity index (χ4v) is 2.79. The Bertz CT molecular complexity index is 311. The highest BCUT2D eigenvalue weighted by molar-refractivity contribution is 7.99. The second-order valence-corrected chi connectivity index (χ2v) is 5.70. The molecule has 0 aliphatic rings. The summed E-state index contributed by atoms with van der Waals surface area (Å²) >= 11 is 1.94. The van der Waals surface area contributed by atoms with Gasteiger partial charge in [0, 0.05) is 18.5 Å². The summed E-state index contributed by atoms with van der Waals surface area (Å²) < 4.78 is 2.04. The van der Waals surface area contributed by atoms with Crippen LogP contribution in [0, 0.1) is 5.92 Å². The predicted octanol–water partition coefficient (Wildman–Crippen LogP) is 2.19. The molecule has 17 heavy (non-hydrogen) atoms. The summed E-state index contributed by atoms with van der Waals surface area (Å²) in [4.78, 5) is 0. The lowest BCUT2D eigenvalue weighted by Gasteiger charge is -2.17. The first kappa shape index (κ1) is 14.5. The zero-order chi connectivity index (χ0) is 12.7. The molecule has 0 saturated carbocycles. The van der Waals surface area contributed by atoms with Gasteiger partial charge in [-0.2, -0.15) is 16.9 Å². The van der Waals surface area contributed by atoms with Crippen molar-refractivity contribution in [2.75, 3.05) is 11.5 Å². The van der Waals surface area contributed by atoms with Crippen molar-refractivity contribution in [3.8, 4) is 0 Å². The molecule has 0 amide bonds. The van der Waals surface area contributed by atoms with E-state index in [4.69, 9.17) is 5.84 Å². The number of thioether (sulfide) groups is 1. The van der Waals surface area contributed by atoms with E-state index in [-0.39, 0.29) is 6.04 Å². The van der Waals surface area contributed by atoms with Crippen molar-refractivity contribution < 1.29 is 0 Å². The summed E-state index contributed by atoms with van der Waals surface area (Å²) in [7, 11) is 0. The minimum Gasteiger partial charge on any atom is -0.271 e. The van der Waals surface area contributed by atoms with Crippen LogP contribution in [0.5, 0.6) is 0 Å². The van der Waals surface area contributed by atoms with Gasteiger partial charge in [0.15, 0.2) is 0 Å². The van der Waals surface area contributed by atoms with Gasteiger partial charge in [-0.05, 0) is 24.2 Å². The second-order valence-electron chi connectivity index (χ2n) is 4.63. The van der Waals surface area contributed by atoms with E-state index < -0.39 is 0 Å². The first-order chi connectivity index (χ1) is 8.19. The molecule has 1 aromatic heterocycles. The Morgan fingerprint density at radius 1 is 1.47 bits per heavy atom. The molecule has 4 nitrogen and oxygen atoms in total. The van der Waals surface area contributed by atoms with E-state index >= 15 is 0 Å². The number of nitrogens with two attached hydrogens (primary N) is 1. The maximum Gasteiger partial charge on any atom is 0.0719 e. The summed E-state index contributed by atoms with van der Waals surface area (Å²) in [6.07, 6.45) is 2.94. The largest absolute Gasteiger partial charge is 0.271 e. The van der Waals surface area contributed by atoms with E-state index in [9.17, 15) is 0 Å². The molecule has 98 valence electrons. The van der Waals surface area contributed by atoms with Crippen LogP contribution in [-0.2, 0) is 6.54 Å². The van der Waals surface area contributed by atoms with Crippen LogP contribution in [0.4, 0.5) is 0 Å². The van der Waals surface area contributed by atoms with Crippen molar-refractivity contribution in [1.29, 1.82) is 0 Å². The topological polar surface area (TPSA) is 55.9 Å². The fraction of sp³-hybridized carbons (Fsp3) is 0.750. The average molecular weight is 256 g/mol. The quantitative estimate of drug-likeness (QED) is 0.553. The van der Waals surface area contributed by atoms with Crippen molar-refractivity contribution in [3.63, 3.8) is 0 Å². The molecule has 0 fully saturated rings. The van der Waals surface area contributed by atoms with Crippen molar-refractivity contribution in [1.82, 2.24) is 15.2 Å². The second kappa shape index (κ2) is 7.74. The molecule has 0 aliphatic heterocycles. The molecular weight excluding hydrogens is 232 g/mol. The van der Waals surface area contributed by atoms with Gasteiger partial charge in [0.1, 0.15) is 0 Å². The highest BCUT2D eigenvalue weighted by Crippen LogP contribution is 2.19. The van der Waals surface area contributed by atoms with Gasteiger partial charge in [-0.3, -0.25) is 16.0 Å². The molecule has 1 unspecified atom stereocenters. The molecule has 0 saturated heterocycles. The molecule has 1 heterocycles. The van der Waals surface area contributed by atoms with Crippen LogP contribution in [0.2, 0.25) is 0 Å². The first-order valence-electron chi connectivity index (χ1n) is 6.24. The molecular formula is C12H24N4S. The molecule has 0 bridgehead atoms. The summed E-state index contributed by atoms with van der Waals surface area (Å²) in [5.41, 5.74) is 4.08. The van der Waals surface area contributed by atoms with E-state index in [0.717, 1.165) is 24.6 Å². The van der Waals surface area contributed by atoms with Crippen LogP contribution in [0.3, 0.4) is 0 Å². The minimum atomic E-state index is 0.188. The maximum absolute atomic E-state index is 5.64. The monoisotopic (exact) mass is 256 g/mol. The van der Waals surface area contributed by atoms with Crippen molar-refractivity contribution in [2.45, 2.75) is 39.8 Å². The smallest absolute Gasteiger partial charge is 0.0719 e. The van der Waals surface area contributed by atoms with Gasteiger partial charge in [0.25, 0.3) is 0 Å². The fourth-order valence-electron chi connectivity index (χ4n) is 1.68. The Labute approximate surface area is 108 Å².